The summed E-state index contributed by atoms with van der Waals surface area (Å²) in [6.07, 6.45) is 6.51. The lowest BCUT2D eigenvalue weighted by atomic mass is 10.0. The molecule has 0 bridgehead atoms. The summed E-state index contributed by atoms with van der Waals surface area (Å²) in [7, 11) is 0. The van der Waals surface area contributed by atoms with Crippen LogP contribution in [0, 0.1) is 3.57 Å². The van der Waals surface area contributed by atoms with Gasteiger partial charge in [-0.05, 0) is 57.4 Å². The number of aromatic nitrogens is 2. The molecule has 1 aliphatic carbocycles. The lowest BCUT2D eigenvalue weighted by Gasteiger charge is -2.12. The molecule has 0 atom stereocenters. The fourth-order valence-corrected chi connectivity index (χ4v) is 3.70. The van der Waals surface area contributed by atoms with Gasteiger partial charge in [-0.2, -0.15) is 0 Å². The average molecular weight is 454 g/mol. The smallest absolute Gasteiger partial charge is 0.198 e. The first kappa shape index (κ1) is 13.8. The first-order chi connectivity index (χ1) is 9.16. The summed E-state index contributed by atoms with van der Waals surface area (Å²) in [6, 6.07) is 1.83. The number of halogens is 3. The molecule has 1 saturated carbocycles. The molecule has 0 aromatic carbocycles. The van der Waals surface area contributed by atoms with Crippen molar-refractivity contribution >= 4 is 50.1 Å². The van der Waals surface area contributed by atoms with Gasteiger partial charge in [0.05, 0.1) is 20.0 Å². The first-order valence-corrected chi connectivity index (χ1v) is 8.38. The molecule has 0 amide bonds. The number of nitrogens with zero attached hydrogens (tertiary/aromatic N) is 2. The van der Waals surface area contributed by atoms with Crippen molar-refractivity contribution in [3.05, 3.63) is 31.2 Å². The Hall–Kier alpha value is -0.140. The van der Waals surface area contributed by atoms with Crippen molar-refractivity contribution in [1.82, 2.24) is 9.97 Å². The standard InChI is InChI=1S/C13H11BrClIN2O/c14-8-5-6-19-11(8)13-17-10(7-3-1-2-4-7)9(16)12(15)18-13/h5-7H,1-4H2. The van der Waals surface area contributed by atoms with Crippen molar-refractivity contribution in [1.29, 1.82) is 0 Å². The highest BCUT2D eigenvalue weighted by Crippen LogP contribution is 2.38. The number of hydrogen-bond donors (Lipinski definition) is 0. The maximum absolute atomic E-state index is 6.25. The van der Waals surface area contributed by atoms with Gasteiger partial charge in [-0.1, -0.05) is 24.4 Å². The zero-order valence-electron chi connectivity index (χ0n) is 10.00. The Kier molecular flexibility index (Phi) is 4.14. The molecule has 19 heavy (non-hydrogen) atoms. The van der Waals surface area contributed by atoms with Crippen LogP contribution < -0.4 is 0 Å². The molecular weight excluding hydrogens is 442 g/mol. The minimum absolute atomic E-state index is 0.500. The van der Waals surface area contributed by atoms with Crippen molar-refractivity contribution in [3.63, 3.8) is 0 Å². The van der Waals surface area contributed by atoms with Crippen molar-refractivity contribution in [3.8, 4) is 11.6 Å². The van der Waals surface area contributed by atoms with Crippen LogP contribution >= 0.6 is 50.1 Å². The Morgan fingerprint density at radius 1 is 1.32 bits per heavy atom. The van der Waals surface area contributed by atoms with E-state index in [0.717, 1.165) is 13.7 Å². The third kappa shape index (κ3) is 2.69. The van der Waals surface area contributed by atoms with E-state index in [4.69, 9.17) is 21.0 Å². The van der Waals surface area contributed by atoms with Crippen LogP contribution in [0.5, 0.6) is 0 Å². The maximum Gasteiger partial charge on any atom is 0.198 e. The van der Waals surface area contributed by atoms with Crippen LogP contribution in [-0.2, 0) is 0 Å². The second-order valence-electron chi connectivity index (χ2n) is 4.62. The molecule has 100 valence electrons. The van der Waals surface area contributed by atoms with Crippen molar-refractivity contribution < 1.29 is 4.42 Å². The molecule has 0 unspecified atom stereocenters. The Labute approximate surface area is 138 Å². The van der Waals surface area contributed by atoms with Gasteiger partial charge in [-0.25, -0.2) is 9.97 Å². The Morgan fingerprint density at radius 3 is 2.68 bits per heavy atom. The molecule has 6 heteroatoms. The van der Waals surface area contributed by atoms with Crippen LogP contribution in [0.1, 0.15) is 37.3 Å². The maximum atomic E-state index is 6.25. The minimum atomic E-state index is 0.500. The molecule has 1 aliphatic rings. The minimum Gasteiger partial charge on any atom is -0.460 e. The van der Waals surface area contributed by atoms with Crippen LogP contribution in [0.4, 0.5) is 0 Å². The highest BCUT2D eigenvalue weighted by Gasteiger charge is 2.24. The Balaban J connectivity index is 2.10. The van der Waals surface area contributed by atoms with E-state index < -0.39 is 0 Å². The molecule has 2 heterocycles. The van der Waals surface area contributed by atoms with Gasteiger partial charge in [0.2, 0.25) is 0 Å². The van der Waals surface area contributed by atoms with E-state index in [1.165, 1.54) is 25.7 Å². The SMILES string of the molecule is Clc1nc(-c2occc2Br)nc(C2CCCC2)c1I. The van der Waals surface area contributed by atoms with E-state index in [1.807, 2.05) is 6.07 Å². The van der Waals surface area contributed by atoms with Crippen LogP contribution in [-0.4, -0.2) is 9.97 Å². The third-order valence-corrected chi connectivity index (χ3v) is 5.68. The molecule has 0 saturated heterocycles. The van der Waals surface area contributed by atoms with Crippen LogP contribution in [0.25, 0.3) is 11.6 Å². The van der Waals surface area contributed by atoms with E-state index >= 15 is 0 Å². The quantitative estimate of drug-likeness (QED) is 0.451. The summed E-state index contributed by atoms with van der Waals surface area (Å²) < 4.78 is 7.25. The van der Waals surface area contributed by atoms with E-state index in [2.05, 4.69) is 43.5 Å². The fourth-order valence-electron chi connectivity index (χ4n) is 2.46. The molecule has 0 radical (unpaired) electrons. The van der Waals surface area contributed by atoms with E-state index in [-0.39, 0.29) is 0 Å². The van der Waals surface area contributed by atoms with Gasteiger partial charge in [0.1, 0.15) is 5.15 Å². The first-order valence-electron chi connectivity index (χ1n) is 6.13. The van der Waals surface area contributed by atoms with Crippen molar-refractivity contribution in [2.75, 3.05) is 0 Å². The highest BCUT2D eigenvalue weighted by atomic mass is 127. The summed E-state index contributed by atoms with van der Waals surface area (Å²) in [5.41, 5.74) is 1.07. The van der Waals surface area contributed by atoms with E-state index in [0.29, 0.717) is 22.7 Å². The van der Waals surface area contributed by atoms with Crippen LogP contribution in [0.3, 0.4) is 0 Å². The van der Waals surface area contributed by atoms with E-state index in [9.17, 15) is 0 Å². The summed E-state index contributed by atoms with van der Waals surface area (Å²) in [5.74, 6) is 1.70. The summed E-state index contributed by atoms with van der Waals surface area (Å²) >= 11 is 11.9. The number of furan rings is 1. The average Bonchev–Trinajstić information content (AvgIpc) is 3.03. The summed E-state index contributed by atoms with van der Waals surface area (Å²) in [4.78, 5) is 9.02. The van der Waals surface area contributed by atoms with Crippen molar-refractivity contribution in [2.24, 2.45) is 0 Å². The topological polar surface area (TPSA) is 38.9 Å². The van der Waals surface area contributed by atoms with Gasteiger partial charge in [0.25, 0.3) is 0 Å². The molecular formula is C13H11BrClIN2O. The van der Waals surface area contributed by atoms with Gasteiger partial charge in [0, 0.05) is 5.92 Å². The van der Waals surface area contributed by atoms with Gasteiger partial charge < -0.3 is 4.42 Å². The molecule has 2 aromatic rings. The van der Waals surface area contributed by atoms with Gasteiger partial charge in [-0.15, -0.1) is 0 Å². The molecule has 0 aliphatic heterocycles. The number of hydrogen-bond acceptors (Lipinski definition) is 3. The second kappa shape index (κ2) is 5.69. The van der Waals surface area contributed by atoms with Gasteiger partial charge >= 0.3 is 0 Å². The zero-order chi connectivity index (χ0) is 13.4. The third-order valence-electron chi connectivity index (χ3n) is 3.40. The molecule has 3 rings (SSSR count). The Bertz CT molecular complexity index is 611. The lowest BCUT2D eigenvalue weighted by molar-refractivity contribution is 0.574. The largest absolute Gasteiger partial charge is 0.460 e. The Morgan fingerprint density at radius 2 is 2.05 bits per heavy atom. The molecule has 3 nitrogen and oxygen atoms in total. The second-order valence-corrected chi connectivity index (χ2v) is 6.91. The normalized spacial score (nSPS) is 16.2. The molecule has 0 N–H and O–H groups in total. The molecule has 0 spiro atoms. The van der Waals surface area contributed by atoms with Gasteiger partial charge in [0.15, 0.2) is 11.6 Å². The fraction of sp³-hybridized carbons (Fsp3) is 0.385. The predicted molar refractivity (Wildman–Crippen MR) is 86.4 cm³/mol. The summed E-state index contributed by atoms with van der Waals surface area (Å²) in [5, 5.41) is 0.510. The zero-order valence-corrected chi connectivity index (χ0v) is 14.5. The predicted octanol–water partition coefficient (Wildman–Crippen LogP) is 5.41. The highest BCUT2D eigenvalue weighted by molar-refractivity contribution is 14.1. The molecule has 2 aromatic heterocycles. The number of rotatable bonds is 2. The lowest BCUT2D eigenvalue weighted by Crippen LogP contribution is -2.04. The van der Waals surface area contributed by atoms with Crippen molar-refractivity contribution in [2.45, 2.75) is 31.6 Å². The summed E-state index contributed by atoms with van der Waals surface area (Å²) in [6.45, 7) is 0. The van der Waals surface area contributed by atoms with E-state index in [1.54, 1.807) is 6.26 Å². The van der Waals surface area contributed by atoms with Gasteiger partial charge in [-0.3, -0.25) is 0 Å². The molecule has 1 fully saturated rings. The van der Waals surface area contributed by atoms with Crippen LogP contribution in [0.2, 0.25) is 5.15 Å². The van der Waals surface area contributed by atoms with Crippen LogP contribution in [0.15, 0.2) is 21.2 Å². The monoisotopic (exact) mass is 452 g/mol.